The van der Waals surface area contributed by atoms with Crippen LogP contribution in [-0.2, 0) is 0 Å². The van der Waals surface area contributed by atoms with Gasteiger partial charge >= 0.3 is 0 Å². The van der Waals surface area contributed by atoms with E-state index in [2.05, 4.69) is 37.8 Å². The van der Waals surface area contributed by atoms with Crippen molar-refractivity contribution < 1.29 is 4.79 Å². The first-order valence-corrected chi connectivity index (χ1v) is 11.5. The monoisotopic (exact) mass is 411 g/mol. The molecule has 1 fully saturated rings. The summed E-state index contributed by atoms with van der Waals surface area (Å²) in [6.45, 7) is 9.53. The van der Waals surface area contributed by atoms with Gasteiger partial charge in [0.15, 0.2) is 5.13 Å². The average Bonchev–Trinajstić information content (AvgIpc) is 3.16. The summed E-state index contributed by atoms with van der Waals surface area (Å²) in [5.74, 6) is 1.17. The van der Waals surface area contributed by atoms with Crippen LogP contribution in [0.2, 0.25) is 0 Å². The summed E-state index contributed by atoms with van der Waals surface area (Å²) in [7, 11) is 0. The van der Waals surface area contributed by atoms with Gasteiger partial charge < -0.3 is 9.80 Å². The minimum absolute atomic E-state index is 0.128. The van der Waals surface area contributed by atoms with Crippen LogP contribution in [0.1, 0.15) is 28.4 Å². The lowest BCUT2D eigenvalue weighted by atomic mass is 10.1. The third-order valence-corrected chi connectivity index (χ3v) is 7.30. The lowest BCUT2D eigenvalue weighted by molar-refractivity contribution is 0.0746. The predicted molar refractivity (Wildman–Crippen MR) is 120 cm³/mol. The quantitative estimate of drug-likeness (QED) is 0.567. The smallest absolute Gasteiger partial charge is 0.253 e. The van der Waals surface area contributed by atoms with Crippen LogP contribution in [0.15, 0.2) is 41.3 Å². The minimum atomic E-state index is 0.128. The van der Waals surface area contributed by atoms with Gasteiger partial charge in [-0.2, -0.15) is 0 Å². The van der Waals surface area contributed by atoms with Gasteiger partial charge in [-0.25, -0.2) is 4.98 Å². The molecular formula is C22H25N3OS2. The van der Waals surface area contributed by atoms with Crippen LogP contribution in [0.25, 0.3) is 10.2 Å². The summed E-state index contributed by atoms with van der Waals surface area (Å²) in [4.78, 5) is 23.2. The van der Waals surface area contributed by atoms with Crippen molar-refractivity contribution in [3.05, 3.63) is 53.1 Å². The fourth-order valence-electron chi connectivity index (χ4n) is 3.49. The molecule has 1 aliphatic heterocycles. The first kappa shape index (κ1) is 19.3. The molecule has 2 aromatic carbocycles. The lowest BCUT2D eigenvalue weighted by Crippen LogP contribution is -2.48. The molecule has 0 N–H and O–H groups in total. The molecule has 1 aromatic heterocycles. The number of hydrogen-bond donors (Lipinski definition) is 0. The standard InChI is InChI=1S/C22H25N3OS2/c1-4-27-18-8-6-17(7-9-18)21(26)24-11-13-25(14-12-24)22-23-20-16(3)15(2)5-10-19(20)28-22/h5-10H,4,11-14H2,1-3H3. The van der Waals surface area contributed by atoms with Crippen LogP contribution in [0, 0.1) is 13.8 Å². The Bertz CT molecular complexity index is 989. The maximum absolute atomic E-state index is 12.8. The van der Waals surface area contributed by atoms with Gasteiger partial charge in [0.25, 0.3) is 5.91 Å². The summed E-state index contributed by atoms with van der Waals surface area (Å²) in [6.07, 6.45) is 0. The molecule has 2 heterocycles. The fraction of sp³-hybridized carbons (Fsp3) is 0.364. The Labute approximate surface area is 174 Å². The largest absolute Gasteiger partial charge is 0.345 e. The number of carbonyl (C=O) groups excluding carboxylic acids is 1. The number of aryl methyl sites for hydroxylation is 2. The zero-order valence-electron chi connectivity index (χ0n) is 16.6. The number of aromatic nitrogens is 1. The molecule has 28 heavy (non-hydrogen) atoms. The summed E-state index contributed by atoms with van der Waals surface area (Å²) < 4.78 is 1.24. The zero-order chi connectivity index (χ0) is 19.7. The van der Waals surface area contributed by atoms with E-state index in [-0.39, 0.29) is 5.91 Å². The van der Waals surface area contributed by atoms with Crippen LogP contribution in [-0.4, -0.2) is 47.7 Å². The first-order valence-electron chi connectivity index (χ1n) is 9.70. The number of fused-ring (bicyclic) bond motifs is 1. The van der Waals surface area contributed by atoms with Crippen LogP contribution in [0.3, 0.4) is 0 Å². The van der Waals surface area contributed by atoms with Gasteiger partial charge in [-0.3, -0.25) is 4.79 Å². The maximum atomic E-state index is 12.8. The van der Waals surface area contributed by atoms with Crippen LogP contribution < -0.4 is 4.90 Å². The molecule has 0 atom stereocenters. The molecule has 0 bridgehead atoms. The third-order valence-electron chi connectivity index (χ3n) is 5.32. The molecule has 0 saturated carbocycles. The number of benzene rings is 2. The molecule has 6 heteroatoms. The van der Waals surface area contributed by atoms with E-state index >= 15 is 0 Å². The highest BCUT2D eigenvalue weighted by atomic mass is 32.2. The molecular weight excluding hydrogens is 386 g/mol. The fourth-order valence-corrected chi connectivity index (χ4v) is 5.23. The van der Waals surface area contributed by atoms with Gasteiger partial charge in [-0.15, -0.1) is 11.8 Å². The van der Waals surface area contributed by atoms with Crippen LogP contribution in [0.4, 0.5) is 5.13 Å². The summed E-state index contributed by atoms with van der Waals surface area (Å²) >= 11 is 3.54. The van der Waals surface area contributed by atoms with E-state index in [0.717, 1.165) is 48.1 Å². The van der Waals surface area contributed by atoms with E-state index in [1.54, 1.807) is 23.1 Å². The van der Waals surface area contributed by atoms with Gasteiger partial charge in [0.2, 0.25) is 0 Å². The number of carbonyl (C=O) groups is 1. The molecule has 0 spiro atoms. The van der Waals surface area contributed by atoms with Crippen LogP contribution in [0.5, 0.6) is 0 Å². The van der Waals surface area contributed by atoms with E-state index in [0.29, 0.717) is 0 Å². The minimum Gasteiger partial charge on any atom is -0.345 e. The van der Waals surface area contributed by atoms with Crippen molar-refractivity contribution >= 4 is 44.4 Å². The Morgan fingerprint density at radius 3 is 2.46 bits per heavy atom. The van der Waals surface area contributed by atoms with Gasteiger partial charge in [-0.1, -0.05) is 24.3 Å². The van der Waals surface area contributed by atoms with Crippen LogP contribution >= 0.6 is 23.1 Å². The number of rotatable bonds is 4. The molecule has 4 nitrogen and oxygen atoms in total. The summed E-state index contributed by atoms with van der Waals surface area (Å²) in [6, 6.07) is 12.3. The number of anilines is 1. The summed E-state index contributed by atoms with van der Waals surface area (Å²) in [5.41, 5.74) is 4.44. The average molecular weight is 412 g/mol. The molecule has 0 radical (unpaired) electrons. The number of piperazine rings is 1. The Balaban J connectivity index is 1.43. The van der Waals surface area contributed by atoms with Gasteiger partial charge in [-0.05, 0) is 61.1 Å². The Hall–Kier alpha value is -2.05. The Kier molecular flexibility index (Phi) is 5.60. The zero-order valence-corrected chi connectivity index (χ0v) is 18.2. The second-order valence-electron chi connectivity index (χ2n) is 7.09. The number of amides is 1. The number of thiazole rings is 1. The molecule has 0 unspecified atom stereocenters. The SMILES string of the molecule is CCSc1ccc(C(=O)N2CCN(c3nc4c(C)c(C)ccc4s3)CC2)cc1. The molecule has 1 aliphatic rings. The molecule has 0 aliphatic carbocycles. The van der Waals surface area contributed by atoms with Crippen molar-refractivity contribution in [2.24, 2.45) is 0 Å². The topological polar surface area (TPSA) is 36.4 Å². The Morgan fingerprint density at radius 1 is 1.07 bits per heavy atom. The lowest BCUT2D eigenvalue weighted by Gasteiger charge is -2.34. The molecule has 1 saturated heterocycles. The van der Waals surface area contributed by atoms with Gasteiger partial charge in [0.05, 0.1) is 10.2 Å². The van der Waals surface area contributed by atoms with E-state index in [9.17, 15) is 4.79 Å². The van der Waals surface area contributed by atoms with Gasteiger partial charge in [0.1, 0.15) is 0 Å². The number of hydrogen-bond acceptors (Lipinski definition) is 5. The normalized spacial score (nSPS) is 14.7. The van der Waals surface area contributed by atoms with Gasteiger partial charge in [0, 0.05) is 36.6 Å². The van der Waals surface area contributed by atoms with E-state index in [4.69, 9.17) is 4.98 Å². The maximum Gasteiger partial charge on any atom is 0.253 e. The van der Waals surface area contributed by atoms with Crippen molar-refractivity contribution in [3.63, 3.8) is 0 Å². The van der Waals surface area contributed by atoms with E-state index in [1.807, 2.05) is 29.2 Å². The number of nitrogens with zero attached hydrogens (tertiary/aromatic N) is 3. The van der Waals surface area contributed by atoms with Crippen molar-refractivity contribution in [2.75, 3.05) is 36.8 Å². The first-order chi connectivity index (χ1) is 13.6. The summed E-state index contributed by atoms with van der Waals surface area (Å²) in [5, 5.41) is 1.07. The highest BCUT2D eigenvalue weighted by Crippen LogP contribution is 2.32. The van der Waals surface area contributed by atoms with Crippen molar-refractivity contribution in [1.82, 2.24) is 9.88 Å². The predicted octanol–water partition coefficient (Wildman–Crippen LogP) is 4.99. The van der Waals surface area contributed by atoms with E-state index < -0.39 is 0 Å². The van der Waals surface area contributed by atoms with E-state index in [1.165, 1.54) is 20.7 Å². The van der Waals surface area contributed by atoms with Crippen molar-refractivity contribution in [3.8, 4) is 0 Å². The highest BCUT2D eigenvalue weighted by Gasteiger charge is 2.24. The van der Waals surface area contributed by atoms with Crippen molar-refractivity contribution in [1.29, 1.82) is 0 Å². The molecule has 1 amide bonds. The Morgan fingerprint density at radius 2 is 1.79 bits per heavy atom. The van der Waals surface area contributed by atoms with Crippen molar-refractivity contribution in [2.45, 2.75) is 25.7 Å². The molecule has 4 rings (SSSR count). The molecule has 146 valence electrons. The molecule has 3 aromatic rings. The third kappa shape index (κ3) is 3.76. The highest BCUT2D eigenvalue weighted by molar-refractivity contribution is 7.99. The second-order valence-corrected chi connectivity index (χ2v) is 9.43. The number of thioether (sulfide) groups is 1. The second kappa shape index (κ2) is 8.13.